The zero-order valence-electron chi connectivity index (χ0n) is 4.50. The highest BCUT2D eigenvalue weighted by atomic mass is 17.3. The summed E-state index contributed by atoms with van der Waals surface area (Å²) >= 11 is 0. The van der Waals surface area contributed by atoms with Crippen LogP contribution in [0.3, 0.4) is 0 Å². The van der Waals surface area contributed by atoms with Crippen LogP contribution in [0.4, 0.5) is 0 Å². The molecule has 0 aromatic rings. The van der Waals surface area contributed by atoms with Crippen LogP contribution in [-0.4, -0.2) is 19.0 Å². The molecule has 2 fully saturated rings. The zero-order chi connectivity index (χ0) is 5.40. The molecule has 3 heteroatoms. The van der Waals surface area contributed by atoms with E-state index in [1.54, 1.807) is 0 Å². The van der Waals surface area contributed by atoms with Crippen molar-refractivity contribution < 1.29 is 14.5 Å². The van der Waals surface area contributed by atoms with E-state index in [1.807, 2.05) is 0 Å². The largest absolute Gasteiger partial charge is 0.348 e. The van der Waals surface area contributed by atoms with E-state index in [0.29, 0.717) is 0 Å². The van der Waals surface area contributed by atoms with Gasteiger partial charge < -0.3 is 4.74 Å². The van der Waals surface area contributed by atoms with Crippen molar-refractivity contribution in [1.82, 2.24) is 0 Å². The Morgan fingerprint density at radius 1 is 1.25 bits per heavy atom. The third-order valence-corrected chi connectivity index (χ3v) is 1.49. The van der Waals surface area contributed by atoms with Gasteiger partial charge in [-0.3, -0.25) is 0 Å². The molecule has 2 rings (SSSR count). The Hall–Kier alpha value is -0.120. The first-order valence-electron chi connectivity index (χ1n) is 2.90. The molecule has 0 N–H and O–H groups in total. The van der Waals surface area contributed by atoms with Crippen molar-refractivity contribution in [2.24, 2.45) is 0 Å². The van der Waals surface area contributed by atoms with Crippen LogP contribution in [-0.2, 0) is 14.5 Å². The quantitative estimate of drug-likeness (QED) is 0.430. The van der Waals surface area contributed by atoms with Crippen molar-refractivity contribution in [2.75, 3.05) is 6.61 Å². The highest BCUT2D eigenvalue weighted by Gasteiger charge is 2.37. The van der Waals surface area contributed by atoms with Gasteiger partial charge in [-0.1, -0.05) is 0 Å². The Morgan fingerprint density at radius 2 is 2.25 bits per heavy atom. The summed E-state index contributed by atoms with van der Waals surface area (Å²) in [5.41, 5.74) is 0. The lowest BCUT2D eigenvalue weighted by atomic mass is 10.1. The monoisotopic (exact) mass is 116 g/mol. The topological polar surface area (TPSA) is 27.7 Å². The first-order valence-corrected chi connectivity index (χ1v) is 2.90. The first kappa shape index (κ1) is 4.73. The Bertz CT molecular complexity index is 81.7. The second kappa shape index (κ2) is 1.69. The van der Waals surface area contributed by atoms with Gasteiger partial charge in [-0.05, 0) is 12.8 Å². The predicted octanol–water partition coefficient (Wildman–Crippen LogP) is 0.453. The molecule has 2 aliphatic rings. The number of hydrogen-bond acceptors (Lipinski definition) is 3. The SMILES string of the molecule is C1CO[C@H]2OO[C@H]2C1. The Balaban J connectivity index is 1.92. The van der Waals surface area contributed by atoms with Crippen LogP contribution in [0.1, 0.15) is 12.8 Å². The first-order chi connectivity index (χ1) is 3.97. The smallest absolute Gasteiger partial charge is 0.220 e. The Morgan fingerprint density at radius 3 is 2.62 bits per heavy atom. The van der Waals surface area contributed by atoms with Gasteiger partial charge >= 0.3 is 0 Å². The number of rotatable bonds is 0. The van der Waals surface area contributed by atoms with Crippen LogP contribution in [0, 0.1) is 0 Å². The van der Waals surface area contributed by atoms with Gasteiger partial charge in [0.15, 0.2) is 0 Å². The van der Waals surface area contributed by atoms with Crippen molar-refractivity contribution >= 4 is 0 Å². The van der Waals surface area contributed by atoms with Gasteiger partial charge in [0.05, 0.1) is 6.61 Å². The van der Waals surface area contributed by atoms with E-state index in [0.717, 1.165) is 19.4 Å². The highest BCUT2D eigenvalue weighted by molar-refractivity contribution is 4.69. The van der Waals surface area contributed by atoms with Crippen LogP contribution in [0.25, 0.3) is 0 Å². The maximum absolute atomic E-state index is 5.13. The van der Waals surface area contributed by atoms with Gasteiger partial charge in [-0.25, -0.2) is 9.78 Å². The molecule has 0 saturated carbocycles. The molecule has 2 heterocycles. The van der Waals surface area contributed by atoms with Gasteiger partial charge in [-0.15, -0.1) is 0 Å². The molecule has 2 aliphatic heterocycles. The molecule has 8 heavy (non-hydrogen) atoms. The molecule has 2 saturated heterocycles. The van der Waals surface area contributed by atoms with Gasteiger partial charge in [-0.2, -0.15) is 0 Å². The van der Waals surface area contributed by atoms with E-state index in [-0.39, 0.29) is 12.4 Å². The Labute approximate surface area is 47.5 Å². The molecule has 0 amide bonds. The summed E-state index contributed by atoms with van der Waals surface area (Å²) in [6, 6.07) is 0. The molecular formula is C5H8O3. The summed E-state index contributed by atoms with van der Waals surface area (Å²) < 4.78 is 5.13. The summed E-state index contributed by atoms with van der Waals surface area (Å²) in [5.74, 6) is 0. The molecule has 0 bridgehead atoms. The fourth-order valence-corrected chi connectivity index (χ4v) is 0.983. The second-order valence-electron chi connectivity index (χ2n) is 2.11. The average Bonchev–Trinajstić information content (AvgIpc) is 1.72. The van der Waals surface area contributed by atoms with Crippen LogP contribution in [0.5, 0.6) is 0 Å². The standard InChI is InChI=1S/C5H8O3/c1-2-4-5(6-3-1)8-7-4/h4-5H,1-3H2/t4-,5-/m0/s1. The van der Waals surface area contributed by atoms with E-state index >= 15 is 0 Å². The predicted molar refractivity (Wildman–Crippen MR) is 24.9 cm³/mol. The molecule has 0 aromatic carbocycles. The van der Waals surface area contributed by atoms with E-state index in [4.69, 9.17) is 9.62 Å². The van der Waals surface area contributed by atoms with Gasteiger partial charge in [0.25, 0.3) is 0 Å². The maximum atomic E-state index is 5.13. The minimum Gasteiger partial charge on any atom is -0.348 e. The summed E-state index contributed by atoms with van der Waals surface area (Å²) in [6.45, 7) is 0.824. The minimum absolute atomic E-state index is 0.0382. The molecule has 2 atom stereocenters. The lowest BCUT2D eigenvalue weighted by molar-refractivity contribution is -0.527. The van der Waals surface area contributed by atoms with Crippen molar-refractivity contribution in [2.45, 2.75) is 25.2 Å². The summed E-state index contributed by atoms with van der Waals surface area (Å²) in [5, 5.41) is 0. The lowest BCUT2D eigenvalue weighted by Gasteiger charge is -2.37. The average molecular weight is 116 g/mol. The normalized spacial score (nSPS) is 45.0. The molecule has 0 unspecified atom stereocenters. The van der Waals surface area contributed by atoms with Crippen molar-refractivity contribution in [3.8, 4) is 0 Å². The van der Waals surface area contributed by atoms with E-state index in [1.165, 1.54) is 0 Å². The molecule has 0 radical (unpaired) electrons. The summed E-state index contributed by atoms with van der Waals surface area (Å²) in [6.07, 6.45) is 2.39. The molecule has 46 valence electrons. The van der Waals surface area contributed by atoms with Crippen LogP contribution >= 0.6 is 0 Å². The minimum atomic E-state index is -0.0382. The zero-order valence-corrected chi connectivity index (χ0v) is 4.50. The molecule has 0 aliphatic carbocycles. The van der Waals surface area contributed by atoms with E-state index < -0.39 is 0 Å². The van der Waals surface area contributed by atoms with Crippen molar-refractivity contribution in [1.29, 1.82) is 0 Å². The highest BCUT2D eigenvalue weighted by Crippen LogP contribution is 2.26. The van der Waals surface area contributed by atoms with Crippen molar-refractivity contribution in [3.63, 3.8) is 0 Å². The second-order valence-corrected chi connectivity index (χ2v) is 2.11. The van der Waals surface area contributed by atoms with Crippen LogP contribution in [0.15, 0.2) is 0 Å². The number of fused-ring (bicyclic) bond motifs is 1. The van der Waals surface area contributed by atoms with Crippen LogP contribution < -0.4 is 0 Å². The molecule has 0 aromatic heterocycles. The van der Waals surface area contributed by atoms with Gasteiger partial charge in [0.1, 0.15) is 6.10 Å². The Kier molecular flexibility index (Phi) is 0.997. The summed E-state index contributed by atoms with van der Waals surface area (Å²) in [7, 11) is 0. The van der Waals surface area contributed by atoms with Crippen molar-refractivity contribution in [3.05, 3.63) is 0 Å². The fourth-order valence-electron chi connectivity index (χ4n) is 0.983. The summed E-state index contributed by atoms with van der Waals surface area (Å²) in [4.78, 5) is 9.32. The third kappa shape index (κ3) is 0.555. The van der Waals surface area contributed by atoms with Gasteiger partial charge in [0.2, 0.25) is 6.29 Å². The van der Waals surface area contributed by atoms with Crippen LogP contribution in [0.2, 0.25) is 0 Å². The van der Waals surface area contributed by atoms with E-state index in [2.05, 4.69) is 4.89 Å². The molecule has 0 spiro atoms. The number of ether oxygens (including phenoxy) is 1. The lowest BCUT2D eigenvalue weighted by Crippen LogP contribution is -2.47. The van der Waals surface area contributed by atoms with E-state index in [9.17, 15) is 0 Å². The fraction of sp³-hybridized carbons (Fsp3) is 1.00. The molecular weight excluding hydrogens is 108 g/mol. The third-order valence-electron chi connectivity index (χ3n) is 1.49. The molecule has 3 nitrogen and oxygen atoms in total. The maximum Gasteiger partial charge on any atom is 0.220 e. The number of hydrogen-bond donors (Lipinski definition) is 0. The van der Waals surface area contributed by atoms with Gasteiger partial charge in [0, 0.05) is 0 Å².